The Bertz CT molecular complexity index is 799. The number of hydrazone groups is 1. The molecule has 0 saturated heterocycles. The molecule has 6 nitrogen and oxygen atoms in total. The monoisotopic (exact) mass is 367 g/mol. The fourth-order valence-electron chi connectivity index (χ4n) is 2.39. The van der Waals surface area contributed by atoms with E-state index < -0.39 is 0 Å². The topological polar surface area (TPSA) is 79.8 Å². The van der Waals surface area contributed by atoms with Crippen LogP contribution in [-0.2, 0) is 4.79 Å². The van der Waals surface area contributed by atoms with E-state index in [2.05, 4.69) is 15.8 Å². The van der Waals surface area contributed by atoms with Gasteiger partial charge in [0.1, 0.15) is 5.75 Å². The molecule has 2 aromatic rings. The van der Waals surface area contributed by atoms with Crippen LogP contribution in [0.2, 0.25) is 0 Å². The van der Waals surface area contributed by atoms with Crippen molar-refractivity contribution in [3.8, 4) is 5.75 Å². The highest BCUT2D eigenvalue weighted by Gasteiger charge is 2.07. The van der Waals surface area contributed by atoms with E-state index in [9.17, 15) is 9.59 Å². The third-order valence-corrected chi connectivity index (χ3v) is 3.61. The number of amides is 2. The molecule has 142 valence electrons. The molecular weight excluding hydrogens is 342 g/mol. The first-order valence-corrected chi connectivity index (χ1v) is 8.94. The Morgan fingerprint density at radius 2 is 1.81 bits per heavy atom. The van der Waals surface area contributed by atoms with Gasteiger partial charge in [-0.15, -0.1) is 0 Å². The summed E-state index contributed by atoms with van der Waals surface area (Å²) in [4.78, 5) is 24.0. The lowest BCUT2D eigenvalue weighted by molar-refractivity contribution is -0.116. The van der Waals surface area contributed by atoms with Gasteiger partial charge < -0.3 is 10.1 Å². The molecule has 0 radical (unpaired) electrons. The van der Waals surface area contributed by atoms with E-state index >= 15 is 0 Å². The number of hydrogen-bond acceptors (Lipinski definition) is 4. The standard InChI is InChI=1S/C21H25N3O3/c1-4-27-19-8-6-5-7-17(19)14-22-24-21(26)16-9-11-18(12-10-16)23-20(25)13-15(2)3/h5-12,14-15H,4,13H2,1-3H3,(H,23,25)(H,24,26). The third kappa shape index (κ3) is 6.58. The molecule has 2 amide bonds. The van der Waals surface area contributed by atoms with Crippen molar-refractivity contribution in [2.24, 2.45) is 11.0 Å². The van der Waals surface area contributed by atoms with Gasteiger partial charge in [-0.1, -0.05) is 26.0 Å². The van der Waals surface area contributed by atoms with Crippen LogP contribution in [0.5, 0.6) is 5.75 Å². The molecule has 0 saturated carbocycles. The summed E-state index contributed by atoms with van der Waals surface area (Å²) in [5.41, 5.74) is 4.38. The van der Waals surface area contributed by atoms with Crippen molar-refractivity contribution in [1.29, 1.82) is 0 Å². The maximum Gasteiger partial charge on any atom is 0.271 e. The summed E-state index contributed by atoms with van der Waals surface area (Å²) in [6, 6.07) is 14.1. The Hall–Kier alpha value is -3.15. The van der Waals surface area contributed by atoms with E-state index in [4.69, 9.17) is 4.74 Å². The average Bonchev–Trinajstić information content (AvgIpc) is 2.63. The normalized spacial score (nSPS) is 10.8. The molecule has 0 heterocycles. The van der Waals surface area contributed by atoms with Crippen molar-refractivity contribution in [3.05, 3.63) is 59.7 Å². The Morgan fingerprint density at radius 1 is 1.11 bits per heavy atom. The van der Waals surface area contributed by atoms with Gasteiger partial charge in [0.15, 0.2) is 0 Å². The average molecular weight is 367 g/mol. The van der Waals surface area contributed by atoms with Gasteiger partial charge in [0.05, 0.1) is 12.8 Å². The number of hydrogen-bond donors (Lipinski definition) is 2. The maximum absolute atomic E-state index is 12.2. The van der Waals surface area contributed by atoms with Crippen LogP contribution < -0.4 is 15.5 Å². The molecule has 27 heavy (non-hydrogen) atoms. The van der Waals surface area contributed by atoms with Crippen LogP contribution in [0, 0.1) is 5.92 Å². The molecule has 0 aliphatic heterocycles. The van der Waals surface area contributed by atoms with Gasteiger partial charge in [-0.05, 0) is 49.2 Å². The fraction of sp³-hybridized carbons (Fsp3) is 0.286. The number of nitrogens with zero attached hydrogens (tertiary/aromatic N) is 1. The Kier molecular flexibility index (Phi) is 7.55. The minimum atomic E-state index is -0.333. The van der Waals surface area contributed by atoms with Crippen molar-refractivity contribution in [1.82, 2.24) is 5.43 Å². The smallest absolute Gasteiger partial charge is 0.271 e. The number of rotatable bonds is 8. The first-order chi connectivity index (χ1) is 13.0. The summed E-state index contributed by atoms with van der Waals surface area (Å²) < 4.78 is 5.51. The Morgan fingerprint density at radius 3 is 2.48 bits per heavy atom. The highest BCUT2D eigenvalue weighted by Crippen LogP contribution is 2.15. The molecule has 0 atom stereocenters. The maximum atomic E-state index is 12.2. The second-order valence-electron chi connectivity index (χ2n) is 6.39. The van der Waals surface area contributed by atoms with Crippen LogP contribution in [-0.4, -0.2) is 24.6 Å². The summed E-state index contributed by atoms with van der Waals surface area (Å²) in [7, 11) is 0. The molecule has 2 aromatic carbocycles. The summed E-state index contributed by atoms with van der Waals surface area (Å²) in [5, 5.41) is 6.80. The zero-order valence-corrected chi connectivity index (χ0v) is 15.9. The second-order valence-corrected chi connectivity index (χ2v) is 6.39. The molecule has 0 fully saturated rings. The van der Waals surface area contributed by atoms with E-state index in [1.54, 1.807) is 30.5 Å². The molecule has 0 aliphatic rings. The number of carbonyl (C=O) groups is 2. The molecule has 0 aliphatic carbocycles. The van der Waals surface area contributed by atoms with Crippen LogP contribution >= 0.6 is 0 Å². The van der Waals surface area contributed by atoms with E-state index in [1.807, 2.05) is 45.0 Å². The van der Waals surface area contributed by atoms with Crippen molar-refractivity contribution >= 4 is 23.7 Å². The Labute approximate surface area is 159 Å². The lowest BCUT2D eigenvalue weighted by Gasteiger charge is -2.08. The zero-order valence-electron chi connectivity index (χ0n) is 15.9. The molecule has 2 N–H and O–H groups in total. The summed E-state index contributed by atoms with van der Waals surface area (Å²) in [6.07, 6.45) is 2.00. The van der Waals surface area contributed by atoms with E-state index in [0.717, 1.165) is 5.56 Å². The highest BCUT2D eigenvalue weighted by atomic mass is 16.5. The molecular formula is C21H25N3O3. The van der Waals surface area contributed by atoms with Crippen molar-refractivity contribution in [2.75, 3.05) is 11.9 Å². The molecule has 0 bridgehead atoms. The van der Waals surface area contributed by atoms with Crippen LogP contribution in [0.3, 0.4) is 0 Å². The molecule has 0 aromatic heterocycles. The number of nitrogens with one attached hydrogen (secondary N) is 2. The summed E-state index contributed by atoms with van der Waals surface area (Å²) >= 11 is 0. The van der Waals surface area contributed by atoms with Gasteiger partial charge in [-0.2, -0.15) is 5.10 Å². The quantitative estimate of drug-likeness (QED) is 0.550. The first kappa shape index (κ1) is 20.2. The number of ether oxygens (including phenoxy) is 1. The lowest BCUT2D eigenvalue weighted by atomic mass is 10.1. The van der Waals surface area contributed by atoms with Crippen molar-refractivity contribution in [3.63, 3.8) is 0 Å². The van der Waals surface area contributed by atoms with Gasteiger partial charge in [0, 0.05) is 23.2 Å². The minimum Gasteiger partial charge on any atom is -0.493 e. The second kappa shape index (κ2) is 10.1. The first-order valence-electron chi connectivity index (χ1n) is 8.94. The van der Waals surface area contributed by atoms with Crippen molar-refractivity contribution in [2.45, 2.75) is 27.2 Å². The van der Waals surface area contributed by atoms with E-state index in [0.29, 0.717) is 35.9 Å². The molecule has 2 rings (SSSR count). The number of carbonyl (C=O) groups excluding carboxylic acids is 2. The van der Waals surface area contributed by atoms with Gasteiger partial charge in [0.2, 0.25) is 5.91 Å². The predicted octanol–water partition coefficient (Wildman–Crippen LogP) is 3.83. The molecule has 0 spiro atoms. The number of para-hydroxylation sites is 1. The lowest BCUT2D eigenvalue weighted by Crippen LogP contribution is -2.18. The minimum absolute atomic E-state index is 0.0419. The van der Waals surface area contributed by atoms with Crippen molar-refractivity contribution < 1.29 is 14.3 Å². The van der Waals surface area contributed by atoms with Crippen LogP contribution in [0.4, 0.5) is 5.69 Å². The Balaban J connectivity index is 1.93. The largest absolute Gasteiger partial charge is 0.493 e. The van der Waals surface area contributed by atoms with E-state index in [1.165, 1.54) is 0 Å². The van der Waals surface area contributed by atoms with Crippen LogP contribution in [0.15, 0.2) is 53.6 Å². The van der Waals surface area contributed by atoms with Crippen LogP contribution in [0.1, 0.15) is 43.1 Å². The van der Waals surface area contributed by atoms with Gasteiger partial charge >= 0.3 is 0 Å². The molecule has 6 heteroatoms. The van der Waals surface area contributed by atoms with Gasteiger partial charge in [-0.25, -0.2) is 5.43 Å². The predicted molar refractivity (Wildman–Crippen MR) is 107 cm³/mol. The number of benzene rings is 2. The zero-order chi connectivity index (χ0) is 19.6. The van der Waals surface area contributed by atoms with E-state index in [-0.39, 0.29) is 11.8 Å². The van der Waals surface area contributed by atoms with Gasteiger partial charge in [0.25, 0.3) is 5.91 Å². The molecule has 0 unspecified atom stereocenters. The summed E-state index contributed by atoms with van der Waals surface area (Å²) in [6.45, 7) is 6.43. The fourth-order valence-corrected chi connectivity index (χ4v) is 2.39. The van der Waals surface area contributed by atoms with Gasteiger partial charge in [-0.3, -0.25) is 9.59 Å². The summed E-state index contributed by atoms with van der Waals surface area (Å²) in [5.74, 6) is 0.625. The SMILES string of the molecule is CCOc1ccccc1C=NNC(=O)c1ccc(NC(=O)CC(C)C)cc1. The third-order valence-electron chi connectivity index (χ3n) is 3.61. The van der Waals surface area contributed by atoms with Crippen LogP contribution in [0.25, 0.3) is 0 Å². The number of anilines is 1. The highest BCUT2D eigenvalue weighted by molar-refractivity contribution is 5.96.